The molecule has 2 aliphatic rings. The molecule has 0 saturated carbocycles. The third-order valence-electron chi connectivity index (χ3n) is 7.79. The Bertz CT molecular complexity index is 862. The summed E-state index contributed by atoms with van der Waals surface area (Å²) in [5.74, 6) is -1.36. The van der Waals surface area contributed by atoms with Crippen molar-refractivity contribution in [2.75, 3.05) is 0 Å². The number of hydrogen-bond acceptors (Lipinski definition) is 0. The van der Waals surface area contributed by atoms with Crippen LogP contribution in [0.2, 0.25) is 13.1 Å². The zero-order valence-electron chi connectivity index (χ0n) is 18.0. The van der Waals surface area contributed by atoms with Gasteiger partial charge in [-0.05, 0) is 0 Å². The standard InChI is InChI=1S/2C11H13.C2H7Si.2ClH.Zr/c2*1-11(2)7-9-5-3-4-6-10(9)8-11;1-3-2;;;/h2*3-7H,8H2,1-2H3;3H,1-2H3;2*1H;/q;;;;;+2/p-2. The Morgan fingerprint density at radius 3 is 1.46 bits per heavy atom. The Balaban J connectivity index is 2.03. The van der Waals surface area contributed by atoms with Gasteiger partial charge in [-0.25, -0.2) is 0 Å². The van der Waals surface area contributed by atoms with E-state index >= 15 is 0 Å². The summed E-state index contributed by atoms with van der Waals surface area (Å²) in [6.45, 7) is 14.6. The van der Waals surface area contributed by atoms with Crippen LogP contribution in [-0.4, -0.2) is 5.92 Å². The fraction of sp³-hybridized carbons (Fsp3) is 0.500. The first-order valence-electron chi connectivity index (χ1n) is 10.6. The van der Waals surface area contributed by atoms with Crippen LogP contribution in [0.3, 0.4) is 0 Å². The Kier molecular flexibility index (Phi) is 5.00. The summed E-state index contributed by atoms with van der Waals surface area (Å²) >= 11 is -4.35. The second-order valence-electron chi connectivity index (χ2n) is 11.0. The van der Waals surface area contributed by atoms with E-state index in [0.717, 1.165) is 12.8 Å². The molecule has 2 aromatic rings. The first kappa shape index (κ1) is 21.4. The van der Waals surface area contributed by atoms with Gasteiger partial charge in [0.25, 0.3) is 0 Å². The molecule has 0 saturated heterocycles. The molecule has 2 unspecified atom stereocenters. The van der Waals surface area contributed by atoms with Gasteiger partial charge in [-0.2, -0.15) is 0 Å². The summed E-state index contributed by atoms with van der Waals surface area (Å²) in [5.41, 5.74) is 6.09. The Hall–Kier alpha value is 0.120. The number of rotatable bonds is 3. The second-order valence-corrected chi connectivity index (χ2v) is 53.5. The molecule has 2 aromatic carbocycles. The first-order valence-corrected chi connectivity index (χ1v) is 26.9. The zero-order valence-corrected chi connectivity index (χ0v) is 23.1. The molecule has 0 spiro atoms. The third kappa shape index (κ3) is 2.84. The van der Waals surface area contributed by atoms with Gasteiger partial charge in [0, 0.05) is 0 Å². The van der Waals surface area contributed by atoms with E-state index in [1.165, 1.54) is 22.3 Å². The number of hydrogen-bond donors (Lipinski definition) is 0. The molecule has 4 rings (SSSR count). The minimum atomic E-state index is -4.35. The Morgan fingerprint density at radius 1 is 0.750 bits per heavy atom. The molecular formula is C24H33Cl2SiZr. The molecule has 2 aliphatic carbocycles. The molecule has 28 heavy (non-hydrogen) atoms. The maximum atomic E-state index is 8.20. The topological polar surface area (TPSA) is 0 Å². The molecule has 0 radical (unpaired) electrons. The molecule has 0 heterocycles. The van der Waals surface area contributed by atoms with Crippen LogP contribution >= 0.6 is 17.0 Å². The summed E-state index contributed by atoms with van der Waals surface area (Å²) in [7, 11) is 16.4. The molecule has 0 nitrogen and oxygen atoms in total. The van der Waals surface area contributed by atoms with Crippen molar-refractivity contribution in [2.45, 2.75) is 60.9 Å². The summed E-state index contributed by atoms with van der Waals surface area (Å²) in [4.78, 5) is 0. The van der Waals surface area contributed by atoms with Crippen molar-refractivity contribution in [2.24, 2.45) is 10.8 Å². The number of benzene rings is 2. The van der Waals surface area contributed by atoms with E-state index in [1.807, 2.05) is 0 Å². The summed E-state index contributed by atoms with van der Waals surface area (Å²) in [6, 6.07) is 18.0. The monoisotopic (exact) mass is 509 g/mol. The van der Waals surface area contributed by atoms with Gasteiger partial charge >= 0.3 is 181 Å². The molecule has 0 aliphatic heterocycles. The Labute approximate surface area is 179 Å². The van der Waals surface area contributed by atoms with Crippen LogP contribution in [-0.2, 0) is 28.4 Å². The SMILES string of the molecule is C[SiH](C)[Zr]([Cl])([Cl])([CH]1c2ccccc2CC1(C)C)[CH]1c2ccccc2CC1(C)C. The summed E-state index contributed by atoms with van der Waals surface area (Å²) in [5, 5.41) is 0. The van der Waals surface area contributed by atoms with E-state index in [4.69, 9.17) is 17.0 Å². The second kappa shape index (κ2) is 6.56. The predicted molar refractivity (Wildman–Crippen MR) is 124 cm³/mol. The van der Waals surface area contributed by atoms with Gasteiger partial charge in [0.2, 0.25) is 0 Å². The number of halogens is 2. The van der Waals surface area contributed by atoms with Crippen molar-refractivity contribution in [1.82, 2.24) is 0 Å². The van der Waals surface area contributed by atoms with Crippen LogP contribution in [0.15, 0.2) is 48.5 Å². The molecular weight excluding hydrogens is 478 g/mol. The van der Waals surface area contributed by atoms with Gasteiger partial charge in [0.1, 0.15) is 0 Å². The van der Waals surface area contributed by atoms with Crippen LogP contribution in [0.25, 0.3) is 0 Å². The molecule has 0 bridgehead atoms. The summed E-state index contributed by atoms with van der Waals surface area (Å²) < 4.78 is 0.658. The van der Waals surface area contributed by atoms with Gasteiger partial charge in [-0.15, -0.1) is 0 Å². The molecule has 151 valence electrons. The van der Waals surface area contributed by atoms with E-state index < -0.39 is 21.5 Å². The number of fused-ring (bicyclic) bond motifs is 2. The average molecular weight is 512 g/mol. The normalized spacial score (nSPS) is 26.5. The van der Waals surface area contributed by atoms with Gasteiger partial charge in [0.05, 0.1) is 0 Å². The van der Waals surface area contributed by atoms with E-state index in [1.54, 1.807) is 0 Å². The summed E-state index contributed by atoms with van der Waals surface area (Å²) in [6.07, 6.45) is 2.18. The first-order chi connectivity index (χ1) is 12.9. The van der Waals surface area contributed by atoms with Crippen LogP contribution in [0.4, 0.5) is 0 Å². The molecule has 0 N–H and O–H groups in total. The third-order valence-corrected chi connectivity index (χ3v) is 61.7. The fourth-order valence-corrected chi connectivity index (χ4v) is 48.3. The molecule has 0 aromatic heterocycles. The Morgan fingerprint density at radius 2 is 1.11 bits per heavy atom. The fourth-order valence-electron chi connectivity index (χ4n) is 6.90. The van der Waals surface area contributed by atoms with Gasteiger partial charge < -0.3 is 0 Å². The van der Waals surface area contributed by atoms with Crippen LogP contribution < -0.4 is 0 Å². The van der Waals surface area contributed by atoms with Crippen LogP contribution in [0.5, 0.6) is 0 Å². The molecule has 4 heteroatoms. The minimum absolute atomic E-state index is 0.114. The quantitative estimate of drug-likeness (QED) is 0.372. The van der Waals surface area contributed by atoms with Crippen LogP contribution in [0.1, 0.15) is 57.2 Å². The van der Waals surface area contributed by atoms with Gasteiger partial charge in [0.15, 0.2) is 0 Å². The maximum absolute atomic E-state index is 8.20. The van der Waals surface area contributed by atoms with E-state index in [0.29, 0.717) is 7.25 Å². The van der Waals surface area contributed by atoms with E-state index in [9.17, 15) is 0 Å². The van der Waals surface area contributed by atoms with Crippen molar-refractivity contribution in [3.05, 3.63) is 70.8 Å². The van der Waals surface area contributed by atoms with Crippen LogP contribution in [0, 0.1) is 10.8 Å². The van der Waals surface area contributed by atoms with Crippen molar-refractivity contribution in [1.29, 1.82) is 0 Å². The van der Waals surface area contributed by atoms with Crippen molar-refractivity contribution in [3.63, 3.8) is 0 Å². The van der Waals surface area contributed by atoms with Gasteiger partial charge in [-0.1, -0.05) is 0 Å². The van der Waals surface area contributed by atoms with Crippen molar-refractivity contribution < 1.29 is 15.6 Å². The van der Waals surface area contributed by atoms with E-state index in [2.05, 4.69) is 89.3 Å². The molecule has 0 amide bonds. The zero-order chi connectivity index (χ0) is 20.6. The van der Waals surface area contributed by atoms with Crippen molar-refractivity contribution >= 4 is 22.9 Å². The van der Waals surface area contributed by atoms with Crippen molar-refractivity contribution in [3.8, 4) is 0 Å². The van der Waals surface area contributed by atoms with Gasteiger partial charge in [-0.3, -0.25) is 0 Å². The average Bonchev–Trinajstić information content (AvgIpc) is 3.02. The molecule has 0 fully saturated rings. The predicted octanol–water partition coefficient (Wildman–Crippen LogP) is 7.61. The van der Waals surface area contributed by atoms with E-state index in [-0.39, 0.29) is 10.8 Å². The molecule has 2 atom stereocenters.